The van der Waals surface area contributed by atoms with Crippen LogP contribution in [-0.2, 0) is 23.7 Å². The van der Waals surface area contributed by atoms with Gasteiger partial charge in [0.15, 0.2) is 0 Å². The van der Waals surface area contributed by atoms with E-state index >= 15 is 0 Å². The molecule has 0 aliphatic carbocycles. The van der Waals surface area contributed by atoms with E-state index in [0.717, 1.165) is 5.57 Å². The Morgan fingerprint density at radius 2 is 1.68 bits per heavy atom. The van der Waals surface area contributed by atoms with E-state index in [1.165, 1.54) is 19.2 Å². The predicted octanol–water partition coefficient (Wildman–Crippen LogP) is 4.98. The lowest BCUT2D eigenvalue weighted by atomic mass is 9.86. The zero-order valence-corrected chi connectivity index (χ0v) is 24.6. The quantitative estimate of drug-likeness (QED) is 0.229. The summed E-state index contributed by atoms with van der Waals surface area (Å²) in [7, 11) is 4.73. The number of carbonyl (C=O) groups excluding carboxylic acids is 2. The van der Waals surface area contributed by atoms with Gasteiger partial charge in [-0.2, -0.15) is 0 Å². The lowest BCUT2D eigenvalue weighted by Crippen LogP contribution is -2.37. The van der Waals surface area contributed by atoms with E-state index in [1.807, 2.05) is 33.8 Å². The van der Waals surface area contributed by atoms with Crippen LogP contribution in [0, 0.1) is 17.8 Å². The summed E-state index contributed by atoms with van der Waals surface area (Å²) in [4.78, 5) is 24.6. The largest absolute Gasteiger partial charge is 0.508 e. The predicted molar refractivity (Wildman–Crippen MR) is 153 cm³/mol. The van der Waals surface area contributed by atoms with Crippen molar-refractivity contribution in [1.29, 1.82) is 0 Å². The molecule has 40 heavy (non-hydrogen) atoms. The minimum Gasteiger partial charge on any atom is -0.508 e. The van der Waals surface area contributed by atoms with E-state index in [9.17, 15) is 19.8 Å². The van der Waals surface area contributed by atoms with Crippen molar-refractivity contribution in [2.45, 2.75) is 65.5 Å². The van der Waals surface area contributed by atoms with Crippen molar-refractivity contribution in [1.82, 2.24) is 0 Å². The second-order valence-electron chi connectivity index (χ2n) is 10.5. The van der Waals surface area contributed by atoms with Gasteiger partial charge in [0.1, 0.15) is 17.6 Å². The topological polar surface area (TPSA) is 150 Å². The highest BCUT2D eigenvalue weighted by atomic mass is 16.6. The van der Waals surface area contributed by atoms with Gasteiger partial charge < -0.3 is 40.2 Å². The molecule has 2 amide bonds. The second kappa shape index (κ2) is 14.9. The van der Waals surface area contributed by atoms with E-state index in [-0.39, 0.29) is 47.1 Å². The smallest absolute Gasteiger partial charge is 0.405 e. The van der Waals surface area contributed by atoms with E-state index in [4.69, 9.17) is 24.7 Å². The minimum atomic E-state index is -0.891. The maximum atomic E-state index is 12.9. The van der Waals surface area contributed by atoms with Gasteiger partial charge in [-0.25, -0.2) is 4.79 Å². The Balaban J connectivity index is 2.67. The van der Waals surface area contributed by atoms with Crippen LogP contribution in [0.1, 0.15) is 52.7 Å². The third-order valence-electron chi connectivity index (χ3n) is 7.33. The highest BCUT2D eigenvalue weighted by molar-refractivity contribution is 6.04. The molecule has 1 aliphatic rings. The van der Waals surface area contributed by atoms with Crippen LogP contribution in [0.3, 0.4) is 0 Å². The molecule has 10 heteroatoms. The molecule has 1 aromatic carbocycles. The summed E-state index contributed by atoms with van der Waals surface area (Å²) in [5.74, 6) is -1.43. The molecular weight excluding hydrogens is 516 g/mol. The lowest BCUT2D eigenvalue weighted by molar-refractivity contribution is -0.112. The molecule has 0 saturated heterocycles. The molecule has 2 bridgehead atoms. The fraction of sp³-hybridized carbons (Fsp3) is 0.533. The van der Waals surface area contributed by atoms with Crippen molar-refractivity contribution in [2.24, 2.45) is 23.5 Å². The second-order valence-corrected chi connectivity index (χ2v) is 10.5. The number of nitrogens with one attached hydrogen (secondary N) is 1. The molecular formula is C30H44N2O8. The summed E-state index contributed by atoms with van der Waals surface area (Å²) in [6.45, 7) is 9.30. The molecule has 0 fully saturated rings. The van der Waals surface area contributed by atoms with Crippen molar-refractivity contribution in [3.05, 3.63) is 53.1 Å². The van der Waals surface area contributed by atoms with E-state index in [0.29, 0.717) is 17.6 Å². The first-order chi connectivity index (χ1) is 18.8. The number of carbonyl (C=O) groups is 2. The van der Waals surface area contributed by atoms with Crippen LogP contribution in [-0.4, -0.2) is 61.9 Å². The van der Waals surface area contributed by atoms with Crippen molar-refractivity contribution < 1.29 is 38.7 Å². The molecule has 222 valence electrons. The Morgan fingerprint density at radius 3 is 2.25 bits per heavy atom. The monoisotopic (exact) mass is 560 g/mol. The number of fused-ring (bicyclic) bond motifs is 2. The number of primary amides is 1. The Labute approximate surface area is 236 Å². The molecule has 5 N–H and O–H groups in total. The number of hydrogen-bond acceptors (Lipinski definition) is 8. The Kier molecular flexibility index (Phi) is 12.2. The number of methoxy groups -OCH3 is 3. The molecule has 0 aromatic heterocycles. The standard InChI is InChI=1S/C30H44N2O8/c1-16-10-9-11-17(2)29(35)32-23-15-21(33)14-22(25(23)34)27(38-7)20(5)13-24(37-6)28(39-8)19(4)12-18(3)26(16)40-30(31)36/h9-12,14-16,19-20,24,26-28,33-34H,13H2,1-8H3,(H2,31,36)(H,32,35)/t16-,19+,20+,24-,26+,27+,28-/m1/s1. The molecule has 1 heterocycles. The van der Waals surface area contributed by atoms with Gasteiger partial charge in [-0.1, -0.05) is 45.1 Å². The first-order valence-corrected chi connectivity index (χ1v) is 13.3. The number of phenolic OH excluding ortho intramolecular Hbond substituents is 2. The van der Waals surface area contributed by atoms with Gasteiger partial charge in [-0.3, -0.25) is 4.79 Å². The van der Waals surface area contributed by atoms with Crippen LogP contribution in [0.4, 0.5) is 10.5 Å². The van der Waals surface area contributed by atoms with Crippen molar-refractivity contribution >= 4 is 17.7 Å². The third-order valence-corrected chi connectivity index (χ3v) is 7.33. The number of rotatable bonds is 4. The number of nitrogens with two attached hydrogens (primary N) is 1. The number of aromatic hydroxyl groups is 2. The van der Waals surface area contributed by atoms with E-state index in [2.05, 4.69) is 5.32 Å². The maximum absolute atomic E-state index is 12.9. The lowest BCUT2D eigenvalue weighted by Gasteiger charge is -2.33. The SMILES string of the molecule is CO[C@@H]1[C@@H](C)C=C(C)[C@@H](OC(N)=O)[C@H](C)C=CC=C(C)C(=O)Nc2cc(O)cc(c2O)[C@@H](OC)[C@@H](C)C[C@H]1OC. The number of phenols is 2. The summed E-state index contributed by atoms with van der Waals surface area (Å²) < 4.78 is 23.0. The molecule has 10 nitrogen and oxygen atoms in total. The summed E-state index contributed by atoms with van der Waals surface area (Å²) in [5.41, 5.74) is 6.91. The molecule has 7 atom stereocenters. The maximum Gasteiger partial charge on any atom is 0.405 e. The summed E-state index contributed by atoms with van der Waals surface area (Å²) in [6.07, 6.45) is 4.64. The minimum absolute atomic E-state index is 0.0543. The van der Waals surface area contributed by atoms with Crippen LogP contribution in [0.25, 0.3) is 0 Å². The fourth-order valence-corrected chi connectivity index (χ4v) is 5.30. The van der Waals surface area contributed by atoms with E-state index < -0.39 is 24.2 Å². The van der Waals surface area contributed by atoms with Gasteiger partial charge in [0.05, 0.1) is 24.0 Å². The van der Waals surface area contributed by atoms with Gasteiger partial charge >= 0.3 is 6.09 Å². The van der Waals surface area contributed by atoms with Gasteiger partial charge in [-0.05, 0) is 37.8 Å². The van der Waals surface area contributed by atoms with Crippen LogP contribution < -0.4 is 11.1 Å². The van der Waals surface area contributed by atoms with Crippen molar-refractivity contribution in [3.63, 3.8) is 0 Å². The number of benzene rings is 1. The van der Waals surface area contributed by atoms with Crippen LogP contribution >= 0.6 is 0 Å². The van der Waals surface area contributed by atoms with Gasteiger partial charge in [0, 0.05) is 50.4 Å². The van der Waals surface area contributed by atoms with Gasteiger partial charge in [-0.15, -0.1) is 0 Å². The number of ether oxygens (including phenoxy) is 4. The number of anilines is 1. The summed E-state index contributed by atoms with van der Waals surface area (Å²) >= 11 is 0. The summed E-state index contributed by atoms with van der Waals surface area (Å²) in [6, 6.07) is 2.71. The first-order valence-electron chi connectivity index (χ1n) is 13.3. The molecule has 0 radical (unpaired) electrons. The van der Waals surface area contributed by atoms with Gasteiger partial charge in [0.2, 0.25) is 0 Å². The number of amides is 2. The number of hydrogen-bond donors (Lipinski definition) is 4. The molecule has 0 saturated carbocycles. The highest BCUT2D eigenvalue weighted by Gasteiger charge is 2.33. The van der Waals surface area contributed by atoms with Crippen molar-refractivity contribution in [3.8, 4) is 11.5 Å². The molecule has 2 rings (SSSR count). The Morgan fingerprint density at radius 1 is 1.00 bits per heavy atom. The Bertz CT molecular complexity index is 1130. The van der Waals surface area contributed by atoms with Crippen molar-refractivity contribution in [2.75, 3.05) is 26.6 Å². The molecule has 1 aliphatic heterocycles. The van der Waals surface area contributed by atoms with Crippen LogP contribution in [0.5, 0.6) is 11.5 Å². The highest BCUT2D eigenvalue weighted by Crippen LogP contribution is 2.42. The zero-order chi connectivity index (χ0) is 30.1. The zero-order valence-electron chi connectivity index (χ0n) is 24.6. The average molecular weight is 561 g/mol. The van der Waals surface area contributed by atoms with Gasteiger partial charge in [0.25, 0.3) is 5.91 Å². The molecule has 1 aromatic rings. The van der Waals surface area contributed by atoms with E-state index in [1.54, 1.807) is 39.4 Å². The molecule has 0 spiro atoms. The normalized spacial score (nSPS) is 28.8. The summed E-state index contributed by atoms with van der Waals surface area (Å²) in [5, 5.41) is 24.2. The third kappa shape index (κ3) is 8.33. The average Bonchev–Trinajstić information content (AvgIpc) is 2.88. The van der Waals surface area contributed by atoms with Crippen LogP contribution in [0.15, 0.2) is 47.6 Å². The number of allylic oxidation sites excluding steroid dienone is 2. The molecule has 0 unspecified atom stereocenters. The first kappa shape index (κ1) is 32.9. The Hall–Kier alpha value is -3.34. The fourth-order valence-electron chi connectivity index (χ4n) is 5.30. The van der Waals surface area contributed by atoms with Crippen LogP contribution in [0.2, 0.25) is 0 Å².